The molecule has 1 unspecified atom stereocenters. The van der Waals surface area contributed by atoms with Crippen LogP contribution in [0.3, 0.4) is 0 Å². The standard InChI is InChI=1S/C23H30FN5O4S/c1-15(2)34(31)18-12-28(13-18)22-26-9-16(10-27-22)29-8-7-19(21(29)30)33-17-5-6-20(25-11-17)32-14-23(3,4)24/h5-6,9-11,15,18-19H,7-8,12-14H2,1-4H3/t19-,34?/m1/s1. The van der Waals surface area contributed by atoms with Gasteiger partial charge in [0.15, 0.2) is 6.10 Å². The van der Waals surface area contributed by atoms with Gasteiger partial charge in [-0.3, -0.25) is 9.00 Å². The molecular weight excluding hydrogens is 461 g/mol. The Bertz CT molecular complexity index is 1020. The Morgan fingerprint density at radius 3 is 2.47 bits per heavy atom. The lowest BCUT2D eigenvalue weighted by molar-refractivity contribution is -0.122. The van der Waals surface area contributed by atoms with E-state index in [2.05, 4.69) is 15.0 Å². The average Bonchev–Trinajstić information content (AvgIpc) is 3.12. The second kappa shape index (κ2) is 9.81. The molecule has 184 valence electrons. The molecule has 0 bridgehead atoms. The highest BCUT2D eigenvalue weighted by atomic mass is 32.2. The fourth-order valence-corrected chi connectivity index (χ4v) is 5.13. The number of anilines is 2. The zero-order valence-corrected chi connectivity index (χ0v) is 20.6. The van der Waals surface area contributed by atoms with Crippen molar-refractivity contribution in [2.45, 2.75) is 56.4 Å². The van der Waals surface area contributed by atoms with Gasteiger partial charge in [-0.1, -0.05) is 13.8 Å². The van der Waals surface area contributed by atoms with E-state index in [4.69, 9.17) is 9.47 Å². The van der Waals surface area contributed by atoms with Crippen molar-refractivity contribution >= 4 is 28.3 Å². The van der Waals surface area contributed by atoms with Gasteiger partial charge < -0.3 is 19.3 Å². The van der Waals surface area contributed by atoms with Gasteiger partial charge in [-0.15, -0.1) is 0 Å². The van der Waals surface area contributed by atoms with E-state index in [9.17, 15) is 13.4 Å². The Morgan fingerprint density at radius 1 is 1.18 bits per heavy atom. The summed E-state index contributed by atoms with van der Waals surface area (Å²) in [6.07, 6.45) is 4.61. The molecule has 0 spiro atoms. The van der Waals surface area contributed by atoms with Gasteiger partial charge in [0, 0.05) is 48.2 Å². The molecule has 0 N–H and O–H groups in total. The molecule has 34 heavy (non-hydrogen) atoms. The smallest absolute Gasteiger partial charge is 0.268 e. The Balaban J connectivity index is 1.30. The van der Waals surface area contributed by atoms with Crippen molar-refractivity contribution in [2.24, 2.45) is 0 Å². The Hall–Kier alpha value is -2.82. The maximum atomic E-state index is 13.6. The van der Waals surface area contributed by atoms with Crippen molar-refractivity contribution in [2.75, 3.05) is 36.0 Å². The van der Waals surface area contributed by atoms with Crippen LogP contribution in [0.4, 0.5) is 16.0 Å². The van der Waals surface area contributed by atoms with Crippen molar-refractivity contribution in [3.05, 3.63) is 30.7 Å². The third-order valence-corrected chi connectivity index (χ3v) is 7.45. The van der Waals surface area contributed by atoms with E-state index in [-0.39, 0.29) is 23.0 Å². The molecular formula is C23H30FN5O4S. The normalized spacial score (nSPS) is 19.9. The maximum absolute atomic E-state index is 13.6. The van der Waals surface area contributed by atoms with Gasteiger partial charge in [-0.25, -0.2) is 19.3 Å². The monoisotopic (exact) mass is 491 g/mol. The molecule has 2 fully saturated rings. The van der Waals surface area contributed by atoms with Crippen LogP contribution in [-0.2, 0) is 15.6 Å². The summed E-state index contributed by atoms with van der Waals surface area (Å²) in [6, 6.07) is 3.23. The molecule has 0 aromatic carbocycles. The van der Waals surface area contributed by atoms with E-state index in [1.165, 1.54) is 20.0 Å². The molecule has 2 atom stereocenters. The van der Waals surface area contributed by atoms with Crippen LogP contribution in [0.1, 0.15) is 34.1 Å². The maximum Gasteiger partial charge on any atom is 0.268 e. The van der Waals surface area contributed by atoms with Crippen LogP contribution in [0.5, 0.6) is 11.6 Å². The van der Waals surface area contributed by atoms with Crippen LogP contribution < -0.4 is 19.3 Å². The minimum absolute atomic E-state index is 0.104. The molecule has 11 heteroatoms. The molecule has 0 radical (unpaired) electrons. The lowest BCUT2D eigenvalue weighted by Gasteiger charge is -2.39. The third kappa shape index (κ3) is 5.63. The first kappa shape index (κ1) is 24.3. The van der Waals surface area contributed by atoms with E-state index < -0.39 is 22.6 Å². The van der Waals surface area contributed by atoms with Gasteiger partial charge in [0.25, 0.3) is 5.91 Å². The number of rotatable bonds is 9. The molecule has 2 aromatic rings. The van der Waals surface area contributed by atoms with Gasteiger partial charge in [0.1, 0.15) is 18.0 Å². The highest BCUT2D eigenvalue weighted by Crippen LogP contribution is 2.27. The molecule has 4 rings (SSSR count). The fraction of sp³-hybridized carbons (Fsp3) is 0.565. The van der Waals surface area contributed by atoms with Crippen LogP contribution in [0.15, 0.2) is 30.7 Å². The lowest BCUT2D eigenvalue weighted by Crippen LogP contribution is -2.54. The number of amides is 1. The second-order valence-corrected chi connectivity index (χ2v) is 11.6. The zero-order chi connectivity index (χ0) is 24.5. The molecule has 4 heterocycles. The molecule has 2 aliphatic rings. The Morgan fingerprint density at radius 2 is 1.88 bits per heavy atom. The van der Waals surface area contributed by atoms with Crippen molar-refractivity contribution in [3.8, 4) is 11.6 Å². The number of nitrogens with zero attached hydrogens (tertiary/aromatic N) is 5. The summed E-state index contributed by atoms with van der Waals surface area (Å²) < 4.78 is 36.9. The Kier molecular flexibility index (Phi) is 7.01. The van der Waals surface area contributed by atoms with Gasteiger partial charge in [0.2, 0.25) is 11.8 Å². The van der Waals surface area contributed by atoms with Crippen LogP contribution in [0.25, 0.3) is 0 Å². The highest BCUT2D eigenvalue weighted by Gasteiger charge is 2.36. The van der Waals surface area contributed by atoms with Crippen LogP contribution in [0, 0.1) is 0 Å². The van der Waals surface area contributed by atoms with Crippen molar-refractivity contribution in [3.63, 3.8) is 0 Å². The van der Waals surface area contributed by atoms with E-state index in [0.717, 1.165) is 0 Å². The quantitative estimate of drug-likeness (QED) is 0.528. The van der Waals surface area contributed by atoms with Crippen molar-refractivity contribution in [1.29, 1.82) is 0 Å². The van der Waals surface area contributed by atoms with Gasteiger partial charge in [0.05, 0.1) is 29.5 Å². The number of pyridine rings is 1. The minimum atomic E-state index is -1.45. The predicted octanol–water partition coefficient (Wildman–Crippen LogP) is 2.53. The first-order valence-corrected chi connectivity index (χ1v) is 12.6. The topological polar surface area (TPSA) is 97.8 Å². The molecule has 9 nitrogen and oxygen atoms in total. The molecule has 2 aromatic heterocycles. The van der Waals surface area contributed by atoms with Crippen LogP contribution in [-0.4, -0.2) is 73.6 Å². The van der Waals surface area contributed by atoms with Crippen molar-refractivity contribution < 1.29 is 22.9 Å². The summed E-state index contributed by atoms with van der Waals surface area (Å²) in [5.41, 5.74) is -0.845. The second-order valence-electron chi connectivity index (χ2n) is 9.37. The summed E-state index contributed by atoms with van der Waals surface area (Å²) in [4.78, 5) is 29.4. The Labute approximate surface area is 201 Å². The number of carbonyl (C=O) groups is 1. The van der Waals surface area contributed by atoms with Crippen LogP contribution in [0.2, 0.25) is 0 Å². The van der Waals surface area contributed by atoms with Crippen molar-refractivity contribution in [1.82, 2.24) is 15.0 Å². The van der Waals surface area contributed by atoms with Gasteiger partial charge >= 0.3 is 0 Å². The van der Waals surface area contributed by atoms with E-state index in [1.54, 1.807) is 29.4 Å². The van der Waals surface area contributed by atoms with E-state index in [0.29, 0.717) is 49.3 Å². The number of aromatic nitrogens is 3. The zero-order valence-electron chi connectivity index (χ0n) is 19.8. The van der Waals surface area contributed by atoms with E-state index in [1.807, 2.05) is 18.7 Å². The fourth-order valence-electron chi connectivity index (χ4n) is 3.70. The van der Waals surface area contributed by atoms with E-state index >= 15 is 0 Å². The average molecular weight is 492 g/mol. The first-order chi connectivity index (χ1) is 16.1. The summed E-state index contributed by atoms with van der Waals surface area (Å²) in [6.45, 7) is 8.51. The first-order valence-electron chi connectivity index (χ1n) is 11.3. The third-order valence-electron chi connectivity index (χ3n) is 5.57. The molecule has 0 aliphatic carbocycles. The largest absolute Gasteiger partial charge is 0.479 e. The predicted molar refractivity (Wildman–Crippen MR) is 128 cm³/mol. The van der Waals surface area contributed by atoms with Gasteiger partial charge in [-0.05, 0) is 19.9 Å². The minimum Gasteiger partial charge on any atom is -0.479 e. The number of hydrogen-bond acceptors (Lipinski definition) is 8. The highest BCUT2D eigenvalue weighted by molar-refractivity contribution is 7.86. The lowest BCUT2D eigenvalue weighted by atomic mass is 10.2. The summed E-state index contributed by atoms with van der Waals surface area (Å²) in [7, 11) is -0.853. The molecule has 1 amide bonds. The number of ether oxygens (including phenoxy) is 2. The number of carbonyl (C=O) groups excluding carboxylic acids is 1. The number of hydrogen-bond donors (Lipinski definition) is 0. The van der Waals surface area contributed by atoms with Gasteiger partial charge in [-0.2, -0.15) is 0 Å². The molecule has 2 saturated heterocycles. The number of alkyl halides is 1. The summed E-state index contributed by atoms with van der Waals surface area (Å²) in [5.74, 6) is 1.13. The number of halogens is 1. The summed E-state index contributed by atoms with van der Waals surface area (Å²) in [5, 5.41) is 0.287. The SMILES string of the molecule is CC(C)S(=O)C1CN(c2ncc(N3CC[C@@H](Oc4ccc(OCC(C)(C)F)nc4)C3=O)cn2)C1. The summed E-state index contributed by atoms with van der Waals surface area (Å²) >= 11 is 0. The molecule has 2 aliphatic heterocycles. The molecule has 0 saturated carbocycles. The van der Waals surface area contributed by atoms with Crippen LogP contribution >= 0.6 is 0 Å².